The summed E-state index contributed by atoms with van der Waals surface area (Å²) in [7, 11) is 0. The van der Waals surface area contributed by atoms with Gasteiger partial charge in [-0.3, -0.25) is 0 Å². The fourth-order valence-corrected chi connectivity index (χ4v) is 3.99. The Morgan fingerprint density at radius 2 is 1.18 bits per heavy atom. The van der Waals surface area contributed by atoms with Gasteiger partial charge in [0.05, 0.1) is 0 Å². The second-order valence-corrected chi connectivity index (χ2v) is 5.10. The van der Waals surface area contributed by atoms with Crippen molar-refractivity contribution in [1.29, 1.82) is 0 Å². The summed E-state index contributed by atoms with van der Waals surface area (Å²) in [6.45, 7) is 0. The second-order valence-electron chi connectivity index (χ2n) is 5.10. The average Bonchev–Trinajstić information content (AvgIpc) is 2.07. The lowest BCUT2D eigenvalue weighted by Gasteiger charge is -2.33. The summed E-state index contributed by atoms with van der Waals surface area (Å²) in [4.78, 5) is 0. The Morgan fingerprint density at radius 3 is 1.45 bits per heavy atom. The molecule has 0 aromatic heterocycles. The van der Waals surface area contributed by atoms with Crippen LogP contribution in [0, 0.1) is 11.8 Å². The molecule has 62 valence electrons. The van der Waals surface area contributed by atoms with Crippen LogP contribution in [0.25, 0.3) is 0 Å². The van der Waals surface area contributed by atoms with Crippen molar-refractivity contribution in [3.8, 4) is 0 Å². The smallest absolute Gasteiger partial charge is 0.0342 e. The van der Waals surface area contributed by atoms with Gasteiger partial charge in [-0.25, -0.2) is 0 Å². The minimum atomic E-state index is 0.0422. The van der Waals surface area contributed by atoms with Gasteiger partial charge in [-0.15, -0.1) is 0 Å². The minimum absolute atomic E-state index is 0.0422. The Bertz CT molecular complexity index is 178. The third-order valence-electron chi connectivity index (χ3n) is 4.27. The molecule has 0 heterocycles. The summed E-state index contributed by atoms with van der Waals surface area (Å²) in [6.07, 6.45) is 6.25. The van der Waals surface area contributed by atoms with Crippen LogP contribution in [0.1, 0.15) is 32.1 Å². The molecule has 0 aromatic carbocycles. The first kappa shape index (κ1) is 6.44. The molecule has 2 heteroatoms. The molecular weight excluding hydrogens is 136 g/mol. The number of hydrogen-bond acceptors (Lipinski definition) is 2. The third kappa shape index (κ3) is 0.574. The molecule has 4 bridgehead atoms. The molecular formula is C9H16N2. The van der Waals surface area contributed by atoms with Gasteiger partial charge in [0.15, 0.2) is 0 Å². The third-order valence-corrected chi connectivity index (χ3v) is 4.27. The molecule has 4 saturated carbocycles. The van der Waals surface area contributed by atoms with Gasteiger partial charge < -0.3 is 11.5 Å². The highest BCUT2D eigenvalue weighted by molar-refractivity contribution is 5.22. The van der Waals surface area contributed by atoms with E-state index >= 15 is 0 Å². The van der Waals surface area contributed by atoms with Crippen LogP contribution in [-0.4, -0.2) is 11.1 Å². The van der Waals surface area contributed by atoms with E-state index in [1.807, 2.05) is 0 Å². The van der Waals surface area contributed by atoms with Gasteiger partial charge in [0.2, 0.25) is 0 Å². The zero-order chi connectivity index (χ0) is 7.69. The summed E-state index contributed by atoms with van der Waals surface area (Å²) >= 11 is 0. The van der Waals surface area contributed by atoms with Crippen molar-refractivity contribution in [2.45, 2.75) is 43.2 Å². The van der Waals surface area contributed by atoms with E-state index in [-0.39, 0.29) is 11.1 Å². The van der Waals surface area contributed by atoms with Crippen molar-refractivity contribution in [2.75, 3.05) is 0 Å². The highest BCUT2D eigenvalue weighted by atomic mass is 15.0. The van der Waals surface area contributed by atoms with Crippen LogP contribution in [0.3, 0.4) is 0 Å². The van der Waals surface area contributed by atoms with Crippen LogP contribution in [0.5, 0.6) is 0 Å². The van der Waals surface area contributed by atoms with Gasteiger partial charge in [-0.1, -0.05) is 0 Å². The molecule has 0 atom stereocenters. The Labute approximate surface area is 67.3 Å². The first-order valence-electron chi connectivity index (χ1n) is 4.69. The molecule has 0 aromatic rings. The summed E-state index contributed by atoms with van der Waals surface area (Å²) in [5, 5.41) is 0. The van der Waals surface area contributed by atoms with Gasteiger partial charge in [-0.2, -0.15) is 0 Å². The Hall–Kier alpha value is -0.0800. The van der Waals surface area contributed by atoms with Gasteiger partial charge in [0.25, 0.3) is 0 Å². The lowest BCUT2D eigenvalue weighted by Crippen LogP contribution is -2.58. The van der Waals surface area contributed by atoms with Crippen molar-refractivity contribution < 1.29 is 0 Å². The van der Waals surface area contributed by atoms with E-state index in [1.165, 1.54) is 32.1 Å². The summed E-state index contributed by atoms with van der Waals surface area (Å²) in [6, 6.07) is 0. The molecule has 0 spiro atoms. The van der Waals surface area contributed by atoms with Crippen LogP contribution in [-0.2, 0) is 0 Å². The molecule has 4 aliphatic rings. The first-order valence-corrected chi connectivity index (χ1v) is 4.69. The van der Waals surface area contributed by atoms with Crippen LogP contribution >= 0.6 is 0 Å². The second kappa shape index (κ2) is 1.50. The van der Waals surface area contributed by atoms with E-state index in [1.54, 1.807) is 0 Å². The van der Waals surface area contributed by atoms with Crippen LogP contribution in [0.15, 0.2) is 0 Å². The summed E-state index contributed by atoms with van der Waals surface area (Å²) in [5.41, 5.74) is 12.7. The molecule has 0 unspecified atom stereocenters. The summed E-state index contributed by atoms with van der Waals surface area (Å²) in [5.74, 6) is 1.75. The first-order chi connectivity index (χ1) is 5.11. The van der Waals surface area contributed by atoms with Crippen molar-refractivity contribution in [3.05, 3.63) is 0 Å². The lowest BCUT2D eigenvalue weighted by atomic mass is 9.80. The van der Waals surface area contributed by atoms with Crippen molar-refractivity contribution in [1.82, 2.24) is 0 Å². The molecule has 0 aliphatic heterocycles. The fourth-order valence-electron chi connectivity index (χ4n) is 3.99. The monoisotopic (exact) mass is 152 g/mol. The van der Waals surface area contributed by atoms with Crippen LogP contribution in [0.2, 0.25) is 0 Å². The topological polar surface area (TPSA) is 52.0 Å². The predicted octanol–water partition coefficient (Wildman–Crippen LogP) is 0.605. The predicted molar refractivity (Wildman–Crippen MR) is 43.9 cm³/mol. The Kier molecular flexibility index (Phi) is 0.879. The van der Waals surface area contributed by atoms with E-state index in [9.17, 15) is 0 Å². The van der Waals surface area contributed by atoms with E-state index in [0.29, 0.717) is 0 Å². The van der Waals surface area contributed by atoms with E-state index < -0.39 is 0 Å². The largest absolute Gasteiger partial charge is 0.324 e. The number of hydrogen-bond donors (Lipinski definition) is 2. The maximum atomic E-state index is 6.29. The number of nitrogens with two attached hydrogens (primary N) is 2. The van der Waals surface area contributed by atoms with Crippen molar-refractivity contribution in [3.63, 3.8) is 0 Å². The SMILES string of the molecule is NC12CC3CC(C1)CC2(N)C3. The minimum Gasteiger partial charge on any atom is -0.324 e. The van der Waals surface area contributed by atoms with E-state index in [4.69, 9.17) is 11.5 Å². The standard InChI is InChI=1S/C9H16N2/c10-8-2-6-1-7(4-8)5-9(8,11)3-6/h6-7H,1-5,10-11H2. The summed E-state index contributed by atoms with van der Waals surface area (Å²) < 4.78 is 0. The molecule has 4 rings (SSSR count). The Morgan fingerprint density at radius 1 is 0.818 bits per heavy atom. The zero-order valence-electron chi connectivity index (χ0n) is 6.84. The average molecular weight is 152 g/mol. The van der Waals surface area contributed by atoms with E-state index in [2.05, 4.69) is 0 Å². The van der Waals surface area contributed by atoms with Crippen molar-refractivity contribution in [2.24, 2.45) is 23.3 Å². The van der Waals surface area contributed by atoms with Gasteiger partial charge in [0, 0.05) is 11.1 Å². The Balaban J connectivity index is 2.10. The maximum Gasteiger partial charge on any atom is 0.0342 e. The highest BCUT2D eigenvalue weighted by Gasteiger charge is 2.63. The van der Waals surface area contributed by atoms with Crippen LogP contribution < -0.4 is 11.5 Å². The molecule has 2 nitrogen and oxygen atoms in total. The molecule has 0 amide bonds. The number of rotatable bonds is 0. The highest BCUT2D eigenvalue weighted by Crippen LogP contribution is 2.60. The molecule has 11 heavy (non-hydrogen) atoms. The fraction of sp³-hybridized carbons (Fsp3) is 1.00. The lowest BCUT2D eigenvalue weighted by molar-refractivity contribution is 0.264. The maximum absolute atomic E-state index is 6.29. The quantitative estimate of drug-likeness (QED) is 0.534. The molecule has 4 fully saturated rings. The van der Waals surface area contributed by atoms with E-state index in [0.717, 1.165) is 11.8 Å². The van der Waals surface area contributed by atoms with Gasteiger partial charge in [-0.05, 0) is 43.9 Å². The molecule has 4 N–H and O–H groups in total. The zero-order valence-corrected chi connectivity index (χ0v) is 6.84. The molecule has 4 aliphatic carbocycles. The van der Waals surface area contributed by atoms with Crippen molar-refractivity contribution >= 4 is 0 Å². The van der Waals surface area contributed by atoms with Crippen LogP contribution in [0.4, 0.5) is 0 Å². The van der Waals surface area contributed by atoms with Gasteiger partial charge >= 0.3 is 0 Å². The molecule has 0 saturated heterocycles. The normalized spacial score (nSPS) is 66.0. The molecule has 0 radical (unpaired) electrons. The van der Waals surface area contributed by atoms with Gasteiger partial charge in [0.1, 0.15) is 0 Å².